The molecule has 3 N–H and O–H groups in total. The Balaban J connectivity index is 1.82. The van der Waals surface area contributed by atoms with Crippen LogP contribution in [0.4, 0.5) is 16.2 Å². The van der Waals surface area contributed by atoms with Crippen molar-refractivity contribution in [3.05, 3.63) is 16.9 Å². The Hall–Kier alpha value is -2.33. The van der Waals surface area contributed by atoms with Gasteiger partial charge in [-0.3, -0.25) is 4.79 Å². The van der Waals surface area contributed by atoms with Gasteiger partial charge in [-0.25, -0.2) is 9.78 Å². The van der Waals surface area contributed by atoms with Crippen molar-refractivity contribution in [3.63, 3.8) is 0 Å². The fourth-order valence-electron chi connectivity index (χ4n) is 3.64. The highest BCUT2D eigenvalue weighted by atomic mass is 79.9. The minimum atomic E-state index is -0.542. The van der Waals surface area contributed by atoms with E-state index in [-0.39, 0.29) is 18.4 Å². The Morgan fingerprint density at radius 2 is 2.16 bits per heavy atom. The summed E-state index contributed by atoms with van der Waals surface area (Å²) in [7, 11) is 1.57. The van der Waals surface area contributed by atoms with Crippen molar-refractivity contribution < 1.29 is 19.1 Å². The maximum atomic E-state index is 12.3. The number of carbonyl (C=O) groups is 2. The van der Waals surface area contributed by atoms with Gasteiger partial charge in [0.15, 0.2) is 0 Å². The zero-order chi connectivity index (χ0) is 22.6. The largest absolute Gasteiger partial charge is 0.444 e. The highest BCUT2D eigenvalue weighted by molar-refractivity contribution is 9.10. The van der Waals surface area contributed by atoms with E-state index in [1.807, 2.05) is 20.8 Å². The van der Waals surface area contributed by atoms with Crippen LogP contribution < -0.4 is 15.5 Å². The van der Waals surface area contributed by atoms with Gasteiger partial charge in [0, 0.05) is 38.6 Å². The molecule has 0 spiro atoms. The number of ether oxygens (including phenoxy) is 2. The summed E-state index contributed by atoms with van der Waals surface area (Å²) in [5.74, 6) is -0.128. The fraction of sp³-hybridized carbons (Fsp3) is 0.571. The number of hydrogen-bond acceptors (Lipinski definition) is 6. The summed E-state index contributed by atoms with van der Waals surface area (Å²) < 4.78 is 11.2. The molecule has 1 saturated heterocycles. The van der Waals surface area contributed by atoms with Gasteiger partial charge in [-0.05, 0) is 49.5 Å². The zero-order valence-electron chi connectivity index (χ0n) is 18.4. The van der Waals surface area contributed by atoms with Crippen molar-refractivity contribution in [2.45, 2.75) is 51.7 Å². The van der Waals surface area contributed by atoms with Crippen LogP contribution in [-0.2, 0) is 14.3 Å². The number of nitrogens with zero attached hydrogens (tertiary/aromatic N) is 2. The van der Waals surface area contributed by atoms with Crippen molar-refractivity contribution in [2.24, 2.45) is 0 Å². The fourth-order valence-corrected chi connectivity index (χ4v) is 4.19. The summed E-state index contributed by atoms with van der Waals surface area (Å²) in [6, 6.07) is -0.0441. The Bertz CT molecular complexity index is 940. The molecule has 170 valence electrons. The van der Waals surface area contributed by atoms with E-state index in [0.717, 1.165) is 34.9 Å². The molecule has 1 aliphatic rings. The molecule has 1 atom stereocenters. The molecular weight excluding hydrogens is 466 g/mol. The number of rotatable bonds is 6. The first kappa shape index (κ1) is 23.3. The molecule has 0 radical (unpaired) electrons. The van der Waals surface area contributed by atoms with E-state index in [2.05, 4.69) is 41.4 Å². The van der Waals surface area contributed by atoms with E-state index in [0.29, 0.717) is 24.5 Å². The van der Waals surface area contributed by atoms with E-state index in [1.54, 1.807) is 19.5 Å². The van der Waals surface area contributed by atoms with Crippen molar-refractivity contribution in [1.82, 2.24) is 15.3 Å². The SMILES string of the molecule is COCCC(=O)Nc1c[nH]c2ncc(Br)c(N3CCCC(NC(=O)OC(C)(C)C)C3)c12. The lowest BCUT2D eigenvalue weighted by Gasteiger charge is -2.36. The summed E-state index contributed by atoms with van der Waals surface area (Å²) >= 11 is 3.63. The lowest BCUT2D eigenvalue weighted by Crippen LogP contribution is -2.49. The van der Waals surface area contributed by atoms with Gasteiger partial charge < -0.3 is 30.0 Å². The zero-order valence-corrected chi connectivity index (χ0v) is 20.0. The third kappa shape index (κ3) is 6.10. The molecule has 0 aliphatic carbocycles. The second-order valence-electron chi connectivity index (χ2n) is 8.60. The van der Waals surface area contributed by atoms with Crippen LogP contribution in [0, 0.1) is 0 Å². The van der Waals surface area contributed by atoms with Crippen molar-refractivity contribution in [3.8, 4) is 0 Å². The van der Waals surface area contributed by atoms with Gasteiger partial charge in [0.25, 0.3) is 0 Å². The number of amides is 2. The second kappa shape index (κ2) is 9.86. The summed E-state index contributed by atoms with van der Waals surface area (Å²) in [5, 5.41) is 6.76. The molecule has 0 bridgehead atoms. The molecule has 0 aromatic carbocycles. The van der Waals surface area contributed by atoms with Crippen LogP contribution in [0.5, 0.6) is 0 Å². The van der Waals surface area contributed by atoms with Crippen LogP contribution in [0.25, 0.3) is 11.0 Å². The number of anilines is 2. The average molecular weight is 496 g/mol. The number of carbonyl (C=O) groups excluding carboxylic acids is 2. The number of fused-ring (bicyclic) bond motifs is 1. The van der Waals surface area contributed by atoms with E-state index >= 15 is 0 Å². The Morgan fingerprint density at radius 1 is 1.39 bits per heavy atom. The highest BCUT2D eigenvalue weighted by Gasteiger charge is 2.27. The average Bonchev–Trinajstić information content (AvgIpc) is 3.07. The van der Waals surface area contributed by atoms with Gasteiger partial charge in [-0.2, -0.15) is 0 Å². The first-order valence-electron chi connectivity index (χ1n) is 10.4. The molecular formula is C21H30BrN5O4. The van der Waals surface area contributed by atoms with Crippen molar-refractivity contribution in [2.75, 3.05) is 37.0 Å². The predicted molar refractivity (Wildman–Crippen MR) is 124 cm³/mol. The summed E-state index contributed by atoms with van der Waals surface area (Å²) in [4.78, 5) is 34.3. The van der Waals surface area contributed by atoms with Crippen molar-refractivity contribution >= 4 is 50.3 Å². The number of aromatic nitrogens is 2. The van der Waals surface area contributed by atoms with E-state index < -0.39 is 11.7 Å². The van der Waals surface area contributed by atoms with Gasteiger partial charge in [-0.1, -0.05) is 0 Å². The maximum Gasteiger partial charge on any atom is 0.407 e. The number of hydrogen-bond donors (Lipinski definition) is 3. The summed E-state index contributed by atoms with van der Waals surface area (Å²) in [5.41, 5.74) is 1.74. The second-order valence-corrected chi connectivity index (χ2v) is 9.46. The molecule has 31 heavy (non-hydrogen) atoms. The number of nitrogens with one attached hydrogen (secondary N) is 3. The maximum absolute atomic E-state index is 12.3. The number of aromatic amines is 1. The van der Waals surface area contributed by atoms with Gasteiger partial charge >= 0.3 is 6.09 Å². The molecule has 2 amide bonds. The predicted octanol–water partition coefficient (Wildman–Crippen LogP) is 3.79. The first-order chi connectivity index (χ1) is 14.7. The standard InChI is InChI=1S/C21H30BrN5O4/c1-21(2,3)31-20(29)25-13-6-5-8-27(12-13)18-14(22)10-23-19-17(18)15(11-24-19)26-16(28)7-9-30-4/h10-11,13H,5-9,12H2,1-4H3,(H,23,24)(H,25,29)(H,26,28). The number of H-pyrrole nitrogens is 1. The van der Waals surface area contributed by atoms with Crippen LogP contribution in [0.2, 0.25) is 0 Å². The third-order valence-corrected chi connectivity index (χ3v) is 5.48. The van der Waals surface area contributed by atoms with Gasteiger partial charge in [0.2, 0.25) is 5.91 Å². The quantitative estimate of drug-likeness (QED) is 0.562. The number of piperidine rings is 1. The summed E-state index contributed by atoms with van der Waals surface area (Å²) in [6.45, 7) is 7.34. The van der Waals surface area contributed by atoms with E-state index in [1.165, 1.54) is 0 Å². The lowest BCUT2D eigenvalue weighted by atomic mass is 10.0. The van der Waals surface area contributed by atoms with Crippen LogP contribution >= 0.6 is 15.9 Å². The number of alkyl carbamates (subject to hydrolysis) is 1. The molecule has 1 fully saturated rings. The van der Waals surface area contributed by atoms with E-state index in [9.17, 15) is 9.59 Å². The molecule has 2 aromatic rings. The Labute approximate surface area is 190 Å². The monoisotopic (exact) mass is 495 g/mol. The summed E-state index contributed by atoms with van der Waals surface area (Å²) in [6.07, 6.45) is 5.14. The highest BCUT2D eigenvalue weighted by Crippen LogP contribution is 2.39. The molecule has 1 aliphatic heterocycles. The van der Waals surface area contributed by atoms with Crippen LogP contribution in [-0.4, -0.2) is 60.4 Å². The lowest BCUT2D eigenvalue weighted by molar-refractivity contribution is -0.117. The molecule has 2 aromatic heterocycles. The van der Waals surface area contributed by atoms with Crippen LogP contribution in [0.15, 0.2) is 16.9 Å². The van der Waals surface area contributed by atoms with E-state index in [4.69, 9.17) is 9.47 Å². The third-order valence-electron chi connectivity index (χ3n) is 4.90. The smallest absolute Gasteiger partial charge is 0.407 e. The first-order valence-corrected chi connectivity index (χ1v) is 11.2. The minimum absolute atomic E-state index is 0.0441. The van der Waals surface area contributed by atoms with Crippen LogP contribution in [0.1, 0.15) is 40.0 Å². The molecule has 10 heteroatoms. The molecule has 0 saturated carbocycles. The number of methoxy groups -OCH3 is 1. The van der Waals surface area contributed by atoms with Gasteiger partial charge in [0.1, 0.15) is 11.2 Å². The Morgan fingerprint density at radius 3 is 2.87 bits per heavy atom. The van der Waals surface area contributed by atoms with Crippen molar-refractivity contribution in [1.29, 1.82) is 0 Å². The minimum Gasteiger partial charge on any atom is -0.444 e. The number of pyridine rings is 1. The molecule has 9 nitrogen and oxygen atoms in total. The normalized spacial score (nSPS) is 16.9. The molecule has 3 rings (SSSR count). The van der Waals surface area contributed by atoms with Gasteiger partial charge in [0.05, 0.1) is 34.3 Å². The van der Waals surface area contributed by atoms with Gasteiger partial charge in [-0.15, -0.1) is 0 Å². The molecule has 1 unspecified atom stereocenters. The Kier molecular flexibility index (Phi) is 7.42. The molecule has 3 heterocycles. The topological polar surface area (TPSA) is 109 Å². The number of halogens is 1. The van der Waals surface area contributed by atoms with Crippen LogP contribution in [0.3, 0.4) is 0 Å².